The Balaban J connectivity index is 0.000000150. The lowest BCUT2D eigenvalue weighted by atomic mass is 9.47. The Morgan fingerprint density at radius 3 is 0.752 bits per heavy atom. The molecule has 51 heteroatoms. The van der Waals surface area contributed by atoms with E-state index in [-0.39, 0.29) is 59.8 Å². The molecule has 22 N–H and O–H groups in total. The van der Waals surface area contributed by atoms with E-state index < -0.39 is 190 Å². The number of aliphatic hydroxyl groups is 9. The molecule has 0 aromatic rings. The normalized spacial score (nSPS) is 46.1. The minimum Gasteiger partial charge on any atom is -0.394 e. The first-order valence-electron chi connectivity index (χ1n) is 37.3. The monoisotopic (exact) mass is 1800 g/mol. The van der Waals surface area contributed by atoms with Crippen molar-refractivity contribution in [1.82, 2.24) is 0 Å². The maximum Gasteiger partial charge on any atom is 0.694 e. The number of ether oxygens (including phenoxy) is 4. The van der Waals surface area contributed by atoms with E-state index >= 15 is 0 Å². The highest BCUT2D eigenvalue weighted by Crippen LogP contribution is 2.69. The van der Waals surface area contributed by atoms with Crippen molar-refractivity contribution in [1.29, 1.82) is 0 Å². The molecule has 656 valence electrons. The largest absolute Gasteiger partial charge is 0.694 e. The van der Waals surface area contributed by atoms with Crippen LogP contribution in [0.1, 0.15) is 154 Å². The Morgan fingerprint density at radius 2 is 0.558 bits per heavy atom. The number of rotatable bonds is 20. The van der Waals surface area contributed by atoms with Gasteiger partial charge in [0.2, 0.25) is 0 Å². The second-order valence-electron chi connectivity index (χ2n) is 34.7. The van der Waals surface area contributed by atoms with Gasteiger partial charge in [0.1, 0.15) is 94.8 Å². The Labute approximate surface area is 659 Å². The molecule has 4 aliphatic heterocycles. The van der Waals surface area contributed by atoms with Gasteiger partial charge in [-0.25, -0.2) is 0 Å². The number of hydrogen-bond donors (Lipinski definition) is 22. The molecule has 4 saturated heterocycles. The second-order valence-corrected chi connectivity index (χ2v) is 46.1. The molecule has 20 fully saturated rings. The molecule has 20 atom stereocenters. The van der Waals surface area contributed by atoms with Crippen LogP contribution in [0, 0.1) is 92.7 Å². The quantitative estimate of drug-likeness (QED) is 0.0568. The molecule has 4 heterocycles. The summed E-state index contributed by atoms with van der Waals surface area (Å²) in [5.41, 5.74) is -0.145. The summed E-state index contributed by atoms with van der Waals surface area (Å²) in [5, 5.41) is 92.5. The molecule has 20 rings (SSSR count). The highest BCUT2D eigenvalue weighted by atomic mass is 31.3. The number of hydrogen-bond acceptors (Lipinski definition) is 26. The van der Waals surface area contributed by atoms with E-state index in [1.165, 1.54) is 77.0 Å². The van der Waals surface area contributed by atoms with E-state index in [1.807, 2.05) is 0 Å². The summed E-state index contributed by atoms with van der Waals surface area (Å²) in [5.74, 6) is 5.90. The summed E-state index contributed by atoms with van der Waals surface area (Å²) in [6.45, 7) is -0.871. The summed E-state index contributed by atoms with van der Waals surface area (Å²) in [6.07, 6.45) is 15.8. The van der Waals surface area contributed by atoms with Crippen LogP contribution in [-0.2, 0) is 77.9 Å². The van der Waals surface area contributed by atoms with Gasteiger partial charge in [-0.3, -0.25) is 22.6 Å². The Kier molecular flexibility index (Phi) is 31.6. The molecule has 20 aliphatic rings. The van der Waals surface area contributed by atoms with E-state index in [1.54, 1.807) is 0 Å². The fraction of sp³-hybridized carbons (Fsp3) is 1.00. The minimum atomic E-state index is -4.85. The smallest absolute Gasteiger partial charge is 0.394 e. The van der Waals surface area contributed by atoms with Crippen molar-refractivity contribution in [3.05, 3.63) is 0 Å². The summed E-state index contributed by atoms with van der Waals surface area (Å²) in [7, 11) is -37.9. The van der Waals surface area contributed by atoms with Gasteiger partial charge in [-0.05, 0) is 225 Å². The molecular formula is C62H119B3O39P9-. The SMILES string of the molecule is O=P(O)(O)CP(=O)(O)O.O=[P+](O)O.O=[P+](O)OCC1OC(C23CC4CC(CC(C4)C2)C3)C(O)C1O.OCC1OC(C23CC4CC(CC(C4)C2)C3)C(O)C1O.[BH3-]P(=O)(O)O.[BH3-]P(=O)(O)OCC1OC(C23CC4CC(CC(C4)C2)C3)C(O)C1O.[BH3-]P(=O)(OCC1OC(C23CC4CC(CC(C4)C2)C3)C(O)C1O)OP(=O)(O)CP(=O)(O)O. The van der Waals surface area contributed by atoms with Gasteiger partial charge in [0.25, 0.3) is 0 Å². The van der Waals surface area contributed by atoms with Gasteiger partial charge in [0.15, 0.2) is 19.3 Å². The first-order valence-corrected chi connectivity index (χ1v) is 50.1. The molecule has 20 unspecified atom stereocenters. The van der Waals surface area contributed by atoms with Crippen LogP contribution in [0.5, 0.6) is 0 Å². The van der Waals surface area contributed by atoms with E-state index in [9.17, 15) is 92.3 Å². The first kappa shape index (κ1) is 96.0. The third-order valence-corrected chi connectivity index (χ3v) is 34.9. The van der Waals surface area contributed by atoms with E-state index in [4.69, 9.17) is 86.4 Å². The lowest BCUT2D eigenvalue weighted by molar-refractivity contribution is -0.159. The van der Waals surface area contributed by atoms with Crippen LogP contribution >= 0.6 is 69.3 Å². The zero-order chi connectivity index (χ0) is 83.7. The van der Waals surface area contributed by atoms with Gasteiger partial charge in [0.05, 0.1) is 66.9 Å². The number of aliphatic hydroxyl groups excluding tert-OH is 9. The predicted octanol–water partition coefficient (Wildman–Crippen LogP) is 0.109. The van der Waals surface area contributed by atoms with E-state index in [0.717, 1.165) is 130 Å². The average molecular weight is 1800 g/mol. The molecule has 16 bridgehead atoms. The fourth-order valence-corrected chi connectivity index (χ4v) is 31.0. The lowest BCUT2D eigenvalue weighted by Crippen LogP contribution is -2.54. The van der Waals surface area contributed by atoms with Crippen molar-refractivity contribution in [2.75, 3.05) is 38.2 Å². The molecule has 0 radical (unpaired) electrons. The Hall–Kier alpha value is 0.805. The van der Waals surface area contributed by atoms with Crippen LogP contribution in [0.2, 0.25) is 0 Å². The lowest BCUT2D eigenvalue weighted by Gasteiger charge is -2.59. The maximum absolute atomic E-state index is 12.5. The Morgan fingerprint density at radius 1 is 0.345 bits per heavy atom. The van der Waals surface area contributed by atoms with Crippen molar-refractivity contribution in [2.45, 2.75) is 252 Å². The summed E-state index contributed by atoms with van der Waals surface area (Å²) in [6, 6.07) is 0. The van der Waals surface area contributed by atoms with Crippen molar-refractivity contribution in [2.24, 2.45) is 92.7 Å². The van der Waals surface area contributed by atoms with Crippen LogP contribution in [0.15, 0.2) is 0 Å². The molecule has 113 heavy (non-hydrogen) atoms. The third kappa shape index (κ3) is 25.3. The van der Waals surface area contributed by atoms with Crippen molar-refractivity contribution >= 4 is 92.0 Å². The Bertz CT molecular complexity index is 3460. The van der Waals surface area contributed by atoms with E-state index in [0.29, 0.717) is 17.8 Å². The molecule has 0 aromatic carbocycles. The van der Waals surface area contributed by atoms with Crippen molar-refractivity contribution in [3.8, 4) is 0 Å². The average Bonchev–Trinajstić information content (AvgIpc) is 1.72. The van der Waals surface area contributed by atoms with Gasteiger partial charge in [-0.15, -0.1) is 19.2 Å². The molecule has 16 aliphatic carbocycles. The maximum atomic E-state index is 12.5. The van der Waals surface area contributed by atoms with Gasteiger partial charge in [-0.1, -0.05) is 0 Å². The van der Waals surface area contributed by atoms with Gasteiger partial charge < -0.3 is 137 Å². The molecule has 16 saturated carbocycles. The topological polar surface area (TPSA) is 673 Å². The standard InChI is InChI=1S/C16H31BO11P3.C15H27BO6P.C15H23O6P.C15H24O4.CH6O6P2.BH5O3P.HO3P/c17-31(25,28-30(23,24)8-29(20,21)22)26-7-12-13(18)14(19)15(27-12)16-4-9-1-10(5-16)3-11(2-9)6-16;16-23(19,20)21-7-11-12(17)13(18)14(22-11)15-4-8-1-9(5-15)3-10(2-8)6-15;16-12-11(7-20-22(18)19)21-14(13(12)17)15-4-8-1-9(5-15)3-10(2-8)6-15;16-7-11-12(17)13(18)14(19-11)15-4-8-1-9(5-15)3-10(2-8)6-15;2-8(3,4)1-9(5,6)7;1-5(2,3)4;1-4(2)3/h9-15,18-19H,1-8H2,17H3,(H,23,24)(H2,20,21,22);8-14,17-18H,1-7H2,16H3,(H,19,20);8-14,16-17H,1-7H2;8-14,16-18H,1-7H2;1H2,(H2,2,3,4)(H2,5,6,7);1H3,(H2,2,3,4);(H-,1,2,3)/q2*-1;;;;-1;/p+2. The van der Waals surface area contributed by atoms with Gasteiger partial charge in [-0.2, -0.15) is 0 Å². The molecule has 39 nitrogen and oxygen atoms in total. The highest BCUT2D eigenvalue weighted by molar-refractivity contribution is 7.85. The second kappa shape index (κ2) is 37.2. The van der Waals surface area contributed by atoms with Crippen LogP contribution < -0.4 is 0 Å². The highest BCUT2D eigenvalue weighted by Gasteiger charge is 2.65. The molecular weight excluding hydrogens is 1680 g/mol. The summed E-state index contributed by atoms with van der Waals surface area (Å²) in [4.78, 5) is 107. The fourth-order valence-electron chi connectivity index (χ4n) is 24.7. The van der Waals surface area contributed by atoms with Crippen LogP contribution in [-0.4, -0.2) is 268 Å². The van der Waals surface area contributed by atoms with Crippen molar-refractivity contribution < 1.29 is 187 Å². The predicted molar refractivity (Wildman–Crippen MR) is 408 cm³/mol. The summed E-state index contributed by atoms with van der Waals surface area (Å²) >= 11 is 0. The first-order chi connectivity index (χ1) is 51.9. The van der Waals surface area contributed by atoms with Crippen LogP contribution in [0.4, 0.5) is 0 Å². The van der Waals surface area contributed by atoms with Crippen molar-refractivity contribution in [3.63, 3.8) is 0 Å². The van der Waals surface area contributed by atoms with E-state index in [2.05, 4.69) is 8.83 Å². The third-order valence-electron chi connectivity index (χ3n) is 26.4. The molecule has 0 spiro atoms. The zero-order valence-electron chi connectivity index (χ0n) is 60.2. The zero-order valence-corrected chi connectivity index (χ0v) is 68.2. The van der Waals surface area contributed by atoms with Gasteiger partial charge >= 0.3 is 46.9 Å². The molecule has 0 aromatic heterocycles. The van der Waals surface area contributed by atoms with Crippen LogP contribution in [0.25, 0.3) is 0 Å². The van der Waals surface area contributed by atoms with Crippen LogP contribution in [0.3, 0.4) is 0 Å². The summed E-state index contributed by atoms with van der Waals surface area (Å²) < 4.78 is 139. The molecule has 0 amide bonds. The minimum absolute atomic E-state index is 0.0131. The van der Waals surface area contributed by atoms with Gasteiger partial charge in [0, 0.05) is 30.8 Å².